The number of hydrogen-bond donors (Lipinski definition) is 0. The van der Waals surface area contributed by atoms with Gasteiger partial charge in [-0.25, -0.2) is 30.7 Å². The molecule has 0 saturated carbocycles. The van der Waals surface area contributed by atoms with Crippen LogP contribution in [0.25, 0.3) is 16.9 Å². The molecule has 0 atom stereocenters. The van der Waals surface area contributed by atoms with Gasteiger partial charge in [0, 0.05) is 16.8 Å². The highest BCUT2D eigenvalue weighted by molar-refractivity contribution is 7.90. The van der Waals surface area contributed by atoms with E-state index in [1.807, 2.05) is 0 Å². The van der Waals surface area contributed by atoms with Gasteiger partial charge < -0.3 is 0 Å². The third-order valence-corrected chi connectivity index (χ3v) is 5.07. The molecule has 10 heteroatoms. The van der Waals surface area contributed by atoms with Crippen LogP contribution in [-0.2, 0) is 9.84 Å². The molecule has 0 aliphatic rings. The van der Waals surface area contributed by atoms with Gasteiger partial charge in [0.25, 0.3) is 6.43 Å². The lowest BCUT2D eigenvalue weighted by molar-refractivity contribution is 0.145. The average molecular weight is 419 g/mol. The zero-order chi connectivity index (χ0) is 19.9. The summed E-state index contributed by atoms with van der Waals surface area (Å²) < 4.78 is 78.8. The topological polar surface area (TPSA) is 52.0 Å². The Morgan fingerprint density at radius 2 is 1.59 bits per heavy atom. The van der Waals surface area contributed by atoms with Crippen molar-refractivity contribution < 1.29 is 26.0 Å². The molecule has 0 fully saturated rings. The highest BCUT2D eigenvalue weighted by Crippen LogP contribution is 2.31. The smallest absolute Gasteiger partial charge is 0.233 e. The second-order valence-corrected chi connectivity index (χ2v) is 8.07. The standard InChI is InChI=1S/C17H11ClF4N2O2S/c1-27(25,26)16-12(19)6-9(7-13(16)20)15-8-14(17(21)22)23-24(15)11-4-2-10(18)3-5-11/h2-8,17H,1H3. The van der Waals surface area contributed by atoms with E-state index in [1.54, 1.807) is 0 Å². The van der Waals surface area contributed by atoms with Crippen molar-refractivity contribution in [1.29, 1.82) is 0 Å². The molecule has 2 aromatic carbocycles. The number of hydrogen-bond acceptors (Lipinski definition) is 3. The van der Waals surface area contributed by atoms with Crippen molar-refractivity contribution >= 4 is 21.4 Å². The summed E-state index contributed by atoms with van der Waals surface area (Å²) in [5.41, 5.74) is -0.459. The van der Waals surface area contributed by atoms with Crippen molar-refractivity contribution in [1.82, 2.24) is 9.78 Å². The fourth-order valence-corrected chi connectivity index (χ4v) is 3.51. The van der Waals surface area contributed by atoms with Crippen LogP contribution in [0.1, 0.15) is 12.1 Å². The quantitative estimate of drug-likeness (QED) is 0.571. The molecule has 0 radical (unpaired) electrons. The van der Waals surface area contributed by atoms with Crippen LogP contribution in [0.3, 0.4) is 0 Å². The number of sulfone groups is 1. The summed E-state index contributed by atoms with van der Waals surface area (Å²) in [6, 6.07) is 8.48. The first-order valence-corrected chi connectivity index (χ1v) is 9.68. The molecule has 1 heterocycles. The molecule has 0 amide bonds. The second kappa shape index (κ2) is 6.97. The van der Waals surface area contributed by atoms with Crippen molar-refractivity contribution in [3.63, 3.8) is 0 Å². The number of nitrogens with zero attached hydrogens (tertiary/aromatic N) is 2. The van der Waals surface area contributed by atoms with Crippen molar-refractivity contribution in [2.24, 2.45) is 0 Å². The first-order valence-electron chi connectivity index (χ1n) is 7.41. The Kier molecular flexibility index (Phi) is 5.00. The molecule has 3 rings (SSSR count). The van der Waals surface area contributed by atoms with Crippen LogP contribution in [0.2, 0.25) is 5.02 Å². The van der Waals surface area contributed by atoms with E-state index in [-0.39, 0.29) is 11.3 Å². The maximum atomic E-state index is 14.2. The lowest BCUT2D eigenvalue weighted by atomic mass is 10.1. The summed E-state index contributed by atoms with van der Waals surface area (Å²) in [4.78, 5) is -1.09. The highest BCUT2D eigenvalue weighted by atomic mass is 35.5. The summed E-state index contributed by atoms with van der Waals surface area (Å²) in [5, 5.41) is 4.18. The van der Waals surface area contributed by atoms with E-state index in [9.17, 15) is 26.0 Å². The Balaban J connectivity index is 2.24. The number of rotatable bonds is 4. The first kappa shape index (κ1) is 19.4. The fourth-order valence-electron chi connectivity index (χ4n) is 2.55. The molecule has 142 valence electrons. The molecular formula is C17H11ClF4N2O2S. The molecule has 0 saturated heterocycles. The molecular weight excluding hydrogens is 408 g/mol. The minimum absolute atomic E-state index is 0.0366. The molecule has 3 aromatic rings. The van der Waals surface area contributed by atoms with Gasteiger partial charge in [-0.15, -0.1) is 0 Å². The van der Waals surface area contributed by atoms with E-state index >= 15 is 0 Å². The summed E-state index contributed by atoms with van der Waals surface area (Å²) in [5.74, 6) is -2.65. The number of aromatic nitrogens is 2. The second-order valence-electron chi connectivity index (χ2n) is 5.68. The predicted molar refractivity (Wildman–Crippen MR) is 92.0 cm³/mol. The van der Waals surface area contributed by atoms with Crippen LogP contribution in [-0.4, -0.2) is 24.5 Å². The Bertz CT molecular complexity index is 1090. The van der Waals surface area contributed by atoms with Crippen LogP contribution < -0.4 is 0 Å². The van der Waals surface area contributed by atoms with Crippen LogP contribution in [0.4, 0.5) is 17.6 Å². The average Bonchev–Trinajstić information content (AvgIpc) is 2.99. The molecule has 0 N–H and O–H groups in total. The largest absolute Gasteiger partial charge is 0.282 e. The van der Waals surface area contributed by atoms with Gasteiger partial charge >= 0.3 is 0 Å². The van der Waals surface area contributed by atoms with E-state index in [2.05, 4.69) is 5.10 Å². The van der Waals surface area contributed by atoms with E-state index in [0.717, 1.165) is 22.9 Å². The van der Waals surface area contributed by atoms with Gasteiger partial charge in [0.1, 0.15) is 22.2 Å². The zero-order valence-electron chi connectivity index (χ0n) is 13.6. The summed E-state index contributed by atoms with van der Waals surface area (Å²) in [7, 11) is -4.15. The molecule has 27 heavy (non-hydrogen) atoms. The van der Waals surface area contributed by atoms with E-state index in [1.165, 1.54) is 24.3 Å². The van der Waals surface area contributed by atoms with Gasteiger partial charge in [0.2, 0.25) is 0 Å². The van der Waals surface area contributed by atoms with Crippen molar-refractivity contribution in [3.8, 4) is 16.9 Å². The van der Waals surface area contributed by atoms with Gasteiger partial charge in [-0.2, -0.15) is 5.10 Å². The van der Waals surface area contributed by atoms with Crippen LogP contribution in [0.15, 0.2) is 47.4 Å². The Labute approximate surface area is 156 Å². The zero-order valence-corrected chi connectivity index (χ0v) is 15.2. The number of alkyl halides is 2. The van der Waals surface area contributed by atoms with E-state index in [4.69, 9.17) is 11.6 Å². The Morgan fingerprint density at radius 3 is 2.07 bits per heavy atom. The van der Waals surface area contributed by atoms with Crippen LogP contribution >= 0.6 is 11.6 Å². The Hall–Kier alpha value is -2.39. The summed E-state index contributed by atoms with van der Waals surface area (Å²) >= 11 is 5.81. The SMILES string of the molecule is CS(=O)(=O)c1c(F)cc(-c2cc(C(F)F)nn2-c2ccc(Cl)cc2)cc1F. The van der Waals surface area contributed by atoms with Gasteiger partial charge in [-0.05, 0) is 42.5 Å². The lowest BCUT2D eigenvalue weighted by Crippen LogP contribution is -2.06. The van der Waals surface area contributed by atoms with Gasteiger partial charge in [-0.1, -0.05) is 11.6 Å². The maximum Gasteiger partial charge on any atom is 0.282 e. The Morgan fingerprint density at radius 1 is 1.04 bits per heavy atom. The number of halogens is 5. The first-order chi connectivity index (χ1) is 12.6. The number of benzene rings is 2. The predicted octanol–water partition coefficient (Wildman–Crippen LogP) is 4.81. The molecule has 1 aromatic heterocycles. The molecule has 0 unspecified atom stereocenters. The van der Waals surface area contributed by atoms with Gasteiger partial charge in [0.05, 0.1) is 11.4 Å². The van der Waals surface area contributed by atoms with E-state index in [0.29, 0.717) is 17.0 Å². The van der Waals surface area contributed by atoms with Crippen LogP contribution in [0.5, 0.6) is 0 Å². The van der Waals surface area contributed by atoms with E-state index < -0.39 is 38.5 Å². The monoisotopic (exact) mass is 418 g/mol. The summed E-state index contributed by atoms with van der Waals surface area (Å²) in [6.07, 6.45) is -2.25. The molecule has 4 nitrogen and oxygen atoms in total. The minimum Gasteiger partial charge on any atom is -0.233 e. The van der Waals surface area contributed by atoms with Crippen molar-refractivity contribution in [3.05, 3.63) is 64.8 Å². The summed E-state index contributed by atoms with van der Waals surface area (Å²) in [6.45, 7) is 0. The highest BCUT2D eigenvalue weighted by Gasteiger charge is 2.24. The molecule has 0 aliphatic carbocycles. The van der Waals surface area contributed by atoms with Crippen molar-refractivity contribution in [2.45, 2.75) is 11.3 Å². The molecule has 0 bridgehead atoms. The maximum absolute atomic E-state index is 14.2. The third kappa shape index (κ3) is 3.84. The minimum atomic E-state index is -4.15. The third-order valence-electron chi connectivity index (χ3n) is 3.69. The lowest BCUT2D eigenvalue weighted by Gasteiger charge is -2.10. The van der Waals surface area contributed by atoms with Gasteiger partial charge in [-0.3, -0.25) is 0 Å². The molecule has 0 spiro atoms. The normalized spacial score (nSPS) is 12.0. The van der Waals surface area contributed by atoms with Crippen molar-refractivity contribution in [2.75, 3.05) is 6.26 Å². The molecule has 0 aliphatic heterocycles. The fraction of sp³-hybridized carbons (Fsp3) is 0.118. The van der Waals surface area contributed by atoms with Gasteiger partial charge in [0.15, 0.2) is 9.84 Å². The van der Waals surface area contributed by atoms with Crippen LogP contribution in [0, 0.1) is 11.6 Å².